The van der Waals surface area contributed by atoms with E-state index in [9.17, 15) is 19.8 Å². The quantitative estimate of drug-likeness (QED) is 0.0418. The van der Waals surface area contributed by atoms with Crippen molar-refractivity contribution in [3.05, 3.63) is 0 Å². The number of carbonyl (C=O) groups is 2. The molecule has 364 valence electrons. The van der Waals surface area contributed by atoms with E-state index in [0.29, 0.717) is 19.3 Å². The van der Waals surface area contributed by atoms with E-state index in [1.165, 1.54) is 231 Å². The summed E-state index contributed by atoms with van der Waals surface area (Å²) in [6.45, 7) is 6.52. The lowest BCUT2D eigenvalue weighted by atomic mass is 10.0. The number of carbonyl (C=O) groups excluding carboxylic acids is 2. The van der Waals surface area contributed by atoms with Crippen molar-refractivity contribution in [3.8, 4) is 0 Å². The van der Waals surface area contributed by atoms with Crippen molar-refractivity contribution in [2.75, 3.05) is 6.61 Å². The Morgan fingerprint density at radius 3 is 1.00 bits per heavy atom. The highest BCUT2D eigenvalue weighted by molar-refractivity contribution is 5.77. The Balaban J connectivity index is 4.39. The van der Waals surface area contributed by atoms with Crippen molar-refractivity contribution >= 4 is 11.9 Å². The predicted molar refractivity (Wildman–Crippen MR) is 264 cm³/mol. The molecule has 0 saturated carbocycles. The number of unbranched alkanes of at least 4 members (excludes halogenated alkanes) is 39. The van der Waals surface area contributed by atoms with Crippen molar-refractivity contribution in [1.29, 1.82) is 0 Å². The molecule has 6 nitrogen and oxygen atoms in total. The maximum Gasteiger partial charge on any atom is 0.306 e. The maximum atomic E-state index is 13.2. The fourth-order valence-corrected chi connectivity index (χ4v) is 8.96. The molecular weight excluding hydrogens is 755 g/mol. The second-order valence-corrected chi connectivity index (χ2v) is 19.4. The van der Waals surface area contributed by atoms with Gasteiger partial charge in [0.05, 0.1) is 25.2 Å². The molecule has 0 aromatic carbocycles. The van der Waals surface area contributed by atoms with Crippen molar-refractivity contribution in [3.63, 3.8) is 0 Å². The van der Waals surface area contributed by atoms with Gasteiger partial charge in [0.1, 0.15) is 6.10 Å². The van der Waals surface area contributed by atoms with Crippen LogP contribution in [0.1, 0.15) is 316 Å². The summed E-state index contributed by atoms with van der Waals surface area (Å²) in [5.41, 5.74) is 0. The Hall–Kier alpha value is -1.14. The average molecular weight is 864 g/mol. The fourth-order valence-electron chi connectivity index (χ4n) is 8.96. The van der Waals surface area contributed by atoms with Crippen LogP contribution in [0.4, 0.5) is 0 Å². The summed E-state index contributed by atoms with van der Waals surface area (Å²) in [4.78, 5) is 26.2. The molecule has 0 aliphatic heterocycles. The van der Waals surface area contributed by atoms with E-state index in [4.69, 9.17) is 4.74 Å². The van der Waals surface area contributed by atoms with E-state index >= 15 is 0 Å². The highest BCUT2D eigenvalue weighted by Crippen LogP contribution is 2.19. The molecule has 3 N–H and O–H groups in total. The zero-order valence-electron chi connectivity index (χ0n) is 41.6. The Morgan fingerprint density at radius 2 is 0.689 bits per heavy atom. The summed E-state index contributed by atoms with van der Waals surface area (Å²) < 4.78 is 5.94. The Kier molecular flexibility index (Phi) is 48.9. The van der Waals surface area contributed by atoms with E-state index in [-0.39, 0.29) is 24.9 Å². The zero-order chi connectivity index (χ0) is 44.5. The second kappa shape index (κ2) is 49.9. The highest BCUT2D eigenvalue weighted by atomic mass is 16.5. The minimum atomic E-state index is -0.779. The largest absolute Gasteiger partial charge is 0.462 e. The van der Waals surface area contributed by atoms with Crippen molar-refractivity contribution in [2.45, 2.75) is 334 Å². The summed E-state index contributed by atoms with van der Waals surface area (Å²) in [6.07, 6.45) is 54.5. The molecule has 61 heavy (non-hydrogen) atoms. The van der Waals surface area contributed by atoms with Crippen LogP contribution in [0.25, 0.3) is 0 Å². The minimum absolute atomic E-state index is 0.0877. The smallest absolute Gasteiger partial charge is 0.306 e. The van der Waals surface area contributed by atoms with Gasteiger partial charge in [0, 0.05) is 6.42 Å². The van der Waals surface area contributed by atoms with Crippen molar-refractivity contribution in [1.82, 2.24) is 5.32 Å². The second-order valence-electron chi connectivity index (χ2n) is 19.4. The molecular formula is C55H109NO5. The number of aliphatic hydroxyl groups is 2. The molecule has 0 aliphatic carbocycles. The van der Waals surface area contributed by atoms with E-state index < -0.39 is 18.2 Å². The molecule has 0 aliphatic rings. The lowest BCUT2D eigenvalue weighted by molar-refractivity contribution is -0.151. The van der Waals surface area contributed by atoms with Gasteiger partial charge in [-0.25, -0.2) is 0 Å². The first-order chi connectivity index (χ1) is 30.0. The third kappa shape index (κ3) is 45.2. The molecule has 3 atom stereocenters. The Labute approximate surface area is 381 Å². The standard InChI is InChI=1S/C55H109NO5/c1-4-7-10-13-16-19-22-24-26-27-29-31-33-36-39-42-45-48-55(60)61-51(46-43-40-37-34-21-18-15-12-9-6-3)49-54(59)56-52(50-57)53(58)47-44-41-38-35-32-30-28-25-23-20-17-14-11-8-5-2/h51-53,57-58H,4-50H2,1-3H3,(H,56,59). The molecule has 1 amide bonds. The number of hydrogen-bond acceptors (Lipinski definition) is 5. The number of rotatable bonds is 51. The van der Waals surface area contributed by atoms with Crippen LogP contribution in [0.5, 0.6) is 0 Å². The first-order valence-corrected chi connectivity index (χ1v) is 27.8. The highest BCUT2D eigenvalue weighted by Gasteiger charge is 2.24. The van der Waals surface area contributed by atoms with E-state index in [2.05, 4.69) is 26.1 Å². The van der Waals surface area contributed by atoms with Gasteiger partial charge in [-0.3, -0.25) is 9.59 Å². The average Bonchev–Trinajstić information content (AvgIpc) is 3.25. The van der Waals surface area contributed by atoms with E-state index in [1.54, 1.807) is 0 Å². The van der Waals surface area contributed by atoms with Crippen LogP contribution in [0.15, 0.2) is 0 Å². The van der Waals surface area contributed by atoms with Gasteiger partial charge in [-0.15, -0.1) is 0 Å². The fraction of sp³-hybridized carbons (Fsp3) is 0.964. The molecule has 0 radical (unpaired) electrons. The zero-order valence-corrected chi connectivity index (χ0v) is 41.6. The normalized spacial score (nSPS) is 13.1. The molecule has 0 fully saturated rings. The summed E-state index contributed by atoms with van der Waals surface area (Å²) in [6, 6.07) is -0.692. The van der Waals surface area contributed by atoms with Gasteiger partial charge in [0.15, 0.2) is 0 Å². The summed E-state index contributed by atoms with van der Waals surface area (Å²) in [7, 11) is 0. The topological polar surface area (TPSA) is 95.9 Å². The molecule has 0 bridgehead atoms. The minimum Gasteiger partial charge on any atom is -0.462 e. The molecule has 0 heterocycles. The Bertz CT molecular complexity index is 882. The van der Waals surface area contributed by atoms with Crippen LogP contribution in [-0.4, -0.2) is 46.9 Å². The van der Waals surface area contributed by atoms with Gasteiger partial charge in [0.2, 0.25) is 5.91 Å². The third-order valence-electron chi connectivity index (χ3n) is 13.2. The number of esters is 1. The number of amides is 1. The predicted octanol–water partition coefficient (Wildman–Crippen LogP) is 16.7. The molecule has 0 saturated heterocycles. The number of hydrogen-bond donors (Lipinski definition) is 3. The van der Waals surface area contributed by atoms with E-state index in [0.717, 1.165) is 38.5 Å². The van der Waals surface area contributed by atoms with E-state index in [1.807, 2.05) is 0 Å². The summed E-state index contributed by atoms with van der Waals surface area (Å²) >= 11 is 0. The number of aliphatic hydroxyl groups excluding tert-OH is 2. The number of nitrogens with one attached hydrogen (secondary N) is 1. The monoisotopic (exact) mass is 864 g/mol. The van der Waals surface area contributed by atoms with Gasteiger partial charge in [-0.05, 0) is 25.7 Å². The van der Waals surface area contributed by atoms with Crippen LogP contribution in [-0.2, 0) is 14.3 Å². The molecule has 0 aromatic rings. The van der Waals surface area contributed by atoms with Gasteiger partial charge < -0.3 is 20.3 Å². The molecule has 3 unspecified atom stereocenters. The van der Waals surface area contributed by atoms with Crippen LogP contribution < -0.4 is 5.32 Å². The molecule has 6 heteroatoms. The lowest BCUT2D eigenvalue weighted by Gasteiger charge is -2.24. The number of ether oxygens (including phenoxy) is 1. The summed E-state index contributed by atoms with van der Waals surface area (Å²) in [5.74, 6) is -0.449. The van der Waals surface area contributed by atoms with Crippen molar-refractivity contribution < 1.29 is 24.5 Å². The summed E-state index contributed by atoms with van der Waals surface area (Å²) in [5, 5.41) is 23.8. The van der Waals surface area contributed by atoms with Crippen LogP contribution in [0.2, 0.25) is 0 Å². The van der Waals surface area contributed by atoms with Crippen LogP contribution in [0, 0.1) is 0 Å². The first kappa shape index (κ1) is 59.9. The van der Waals surface area contributed by atoms with Crippen LogP contribution in [0.3, 0.4) is 0 Å². The van der Waals surface area contributed by atoms with Crippen LogP contribution >= 0.6 is 0 Å². The SMILES string of the molecule is CCCCCCCCCCCCCCCCCCCC(=O)OC(CCCCCCCCCCCC)CC(=O)NC(CO)C(O)CCCCCCCCCCCCCCCCC. The molecule has 0 rings (SSSR count). The maximum absolute atomic E-state index is 13.2. The van der Waals surface area contributed by atoms with Gasteiger partial charge in [-0.1, -0.05) is 278 Å². The Morgan fingerprint density at radius 1 is 0.410 bits per heavy atom. The van der Waals surface area contributed by atoms with Crippen molar-refractivity contribution in [2.24, 2.45) is 0 Å². The van der Waals surface area contributed by atoms with Gasteiger partial charge >= 0.3 is 5.97 Å². The lowest BCUT2D eigenvalue weighted by Crippen LogP contribution is -2.46. The van der Waals surface area contributed by atoms with Gasteiger partial charge in [0.25, 0.3) is 0 Å². The first-order valence-electron chi connectivity index (χ1n) is 27.8. The molecule has 0 aromatic heterocycles. The van der Waals surface area contributed by atoms with Gasteiger partial charge in [-0.2, -0.15) is 0 Å². The molecule has 0 spiro atoms. The third-order valence-corrected chi connectivity index (χ3v) is 13.2.